The highest BCUT2D eigenvalue weighted by Gasteiger charge is 2.29. The van der Waals surface area contributed by atoms with Crippen LogP contribution in [0.15, 0.2) is 48.5 Å². The van der Waals surface area contributed by atoms with Gasteiger partial charge in [-0.15, -0.1) is 0 Å². The topological polar surface area (TPSA) is 46.5 Å². The Labute approximate surface area is 177 Å². The van der Waals surface area contributed by atoms with Crippen LogP contribution in [-0.4, -0.2) is 17.7 Å². The van der Waals surface area contributed by atoms with Crippen molar-refractivity contribution >= 4 is 29.2 Å². The molecule has 3 unspecified atom stereocenters. The first-order valence-corrected chi connectivity index (χ1v) is 10.5. The van der Waals surface area contributed by atoms with Crippen LogP contribution in [0.25, 0.3) is 0 Å². The molecule has 0 saturated carbocycles. The summed E-state index contributed by atoms with van der Waals surface area (Å²) in [5.41, 5.74) is 1.97. The number of carbonyl (C=O) groups is 1. The van der Waals surface area contributed by atoms with Gasteiger partial charge in [0.1, 0.15) is 0 Å². The number of carboxylic acids is 1. The number of halogens is 2. The summed E-state index contributed by atoms with van der Waals surface area (Å²) in [4.78, 5) is 11.6. The van der Waals surface area contributed by atoms with Crippen molar-refractivity contribution < 1.29 is 14.6 Å². The van der Waals surface area contributed by atoms with Gasteiger partial charge in [0.2, 0.25) is 0 Å². The molecule has 0 saturated heterocycles. The third-order valence-corrected chi connectivity index (χ3v) is 5.40. The van der Waals surface area contributed by atoms with Gasteiger partial charge in [0, 0.05) is 22.6 Å². The van der Waals surface area contributed by atoms with E-state index in [2.05, 4.69) is 6.92 Å². The van der Waals surface area contributed by atoms with Crippen LogP contribution in [0.5, 0.6) is 0 Å². The summed E-state index contributed by atoms with van der Waals surface area (Å²) in [6, 6.07) is 15.2. The summed E-state index contributed by atoms with van der Waals surface area (Å²) in [6.45, 7) is 4.51. The van der Waals surface area contributed by atoms with E-state index in [9.17, 15) is 9.90 Å². The molecule has 0 heterocycles. The van der Waals surface area contributed by atoms with Crippen LogP contribution >= 0.6 is 23.2 Å². The van der Waals surface area contributed by atoms with Gasteiger partial charge in [-0.1, -0.05) is 74.2 Å². The first-order chi connectivity index (χ1) is 13.4. The van der Waals surface area contributed by atoms with Crippen molar-refractivity contribution in [2.24, 2.45) is 5.92 Å². The summed E-state index contributed by atoms with van der Waals surface area (Å²) >= 11 is 12.3. The fraction of sp³-hybridized carbons (Fsp3) is 0.435. The molecule has 0 amide bonds. The molecule has 0 radical (unpaired) electrons. The fourth-order valence-corrected chi connectivity index (χ4v) is 3.64. The number of hydrogen-bond donors (Lipinski definition) is 1. The third-order valence-electron chi connectivity index (χ3n) is 4.92. The number of carboxylic acid groups (broad SMARTS) is 1. The molecule has 2 aromatic carbocycles. The average molecular weight is 423 g/mol. The number of benzene rings is 2. The van der Waals surface area contributed by atoms with Crippen molar-refractivity contribution in [1.82, 2.24) is 0 Å². The highest BCUT2D eigenvalue weighted by molar-refractivity contribution is 6.30. The molecule has 0 fully saturated rings. The Bertz CT molecular complexity index is 746. The molecular formula is C23H28Cl2O3. The van der Waals surface area contributed by atoms with Crippen molar-refractivity contribution in [1.29, 1.82) is 0 Å². The fourth-order valence-electron chi connectivity index (χ4n) is 3.31. The Hall–Kier alpha value is -1.55. The van der Waals surface area contributed by atoms with E-state index < -0.39 is 11.9 Å². The van der Waals surface area contributed by atoms with E-state index >= 15 is 0 Å². The van der Waals surface area contributed by atoms with Crippen LogP contribution in [0.1, 0.15) is 62.7 Å². The van der Waals surface area contributed by atoms with Gasteiger partial charge in [-0.05, 0) is 48.2 Å². The molecule has 3 nitrogen and oxygen atoms in total. The zero-order chi connectivity index (χ0) is 20.5. The van der Waals surface area contributed by atoms with Gasteiger partial charge in [-0.3, -0.25) is 4.79 Å². The average Bonchev–Trinajstić information content (AvgIpc) is 2.67. The molecule has 0 aliphatic carbocycles. The molecule has 0 aliphatic heterocycles. The summed E-state index contributed by atoms with van der Waals surface area (Å²) in [7, 11) is 0. The van der Waals surface area contributed by atoms with Gasteiger partial charge in [0.15, 0.2) is 0 Å². The van der Waals surface area contributed by atoms with Crippen molar-refractivity contribution in [2.75, 3.05) is 6.61 Å². The lowest BCUT2D eigenvalue weighted by atomic mass is 9.82. The zero-order valence-electron chi connectivity index (χ0n) is 16.4. The Morgan fingerprint density at radius 2 is 1.75 bits per heavy atom. The van der Waals surface area contributed by atoms with Crippen LogP contribution in [0.4, 0.5) is 0 Å². The van der Waals surface area contributed by atoms with Gasteiger partial charge in [-0.2, -0.15) is 0 Å². The first-order valence-electron chi connectivity index (χ1n) is 9.77. The van der Waals surface area contributed by atoms with E-state index in [1.807, 2.05) is 48.5 Å². The second-order valence-corrected chi connectivity index (χ2v) is 8.06. The lowest BCUT2D eigenvalue weighted by Crippen LogP contribution is -2.21. The van der Waals surface area contributed by atoms with Crippen LogP contribution in [0.2, 0.25) is 10.0 Å². The Morgan fingerprint density at radius 1 is 1.04 bits per heavy atom. The maximum absolute atomic E-state index is 11.6. The maximum atomic E-state index is 11.6. The van der Waals surface area contributed by atoms with Crippen molar-refractivity contribution in [3.63, 3.8) is 0 Å². The van der Waals surface area contributed by atoms with E-state index in [0.29, 0.717) is 23.1 Å². The van der Waals surface area contributed by atoms with Crippen LogP contribution in [-0.2, 0) is 9.53 Å². The summed E-state index contributed by atoms with van der Waals surface area (Å²) in [5, 5.41) is 10.8. The predicted molar refractivity (Wildman–Crippen MR) is 115 cm³/mol. The lowest BCUT2D eigenvalue weighted by molar-refractivity contribution is -0.141. The predicted octanol–water partition coefficient (Wildman–Crippen LogP) is 7.14. The second kappa shape index (κ2) is 11.5. The Kier molecular flexibility index (Phi) is 9.30. The van der Waals surface area contributed by atoms with Gasteiger partial charge in [0.05, 0.1) is 12.0 Å². The highest BCUT2D eigenvalue weighted by Crippen LogP contribution is 2.40. The molecule has 0 spiro atoms. The Balaban J connectivity index is 2.39. The minimum Gasteiger partial charge on any atom is -0.481 e. The van der Waals surface area contributed by atoms with Gasteiger partial charge >= 0.3 is 5.97 Å². The molecule has 3 atom stereocenters. The van der Waals surface area contributed by atoms with Gasteiger partial charge in [0.25, 0.3) is 0 Å². The van der Waals surface area contributed by atoms with Gasteiger partial charge < -0.3 is 9.84 Å². The smallest absolute Gasteiger partial charge is 0.306 e. The minimum atomic E-state index is -0.812. The largest absolute Gasteiger partial charge is 0.481 e. The van der Waals surface area contributed by atoms with Crippen LogP contribution < -0.4 is 0 Å². The quantitative estimate of drug-likeness (QED) is 0.391. The number of hydrogen-bond acceptors (Lipinski definition) is 2. The minimum absolute atomic E-state index is 0.132. The number of ether oxygens (including phenoxy) is 1. The van der Waals surface area contributed by atoms with E-state index in [1.165, 1.54) is 0 Å². The summed E-state index contributed by atoms with van der Waals surface area (Å²) < 4.78 is 6.33. The molecule has 28 heavy (non-hydrogen) atoms. The zero-order valence-corrected chi connectivity index (χ0v) is 17.9. The lowest BCUT2D eigenvalue weighted by Gasteiger charge is -2.30. The van der Waals surface area contributed by atoms with E-state index in [1.54, 1.807) is 6.92 Å². The maximum Gasteiger partial charge on any atom is 0.306 e. The molecular weight excluding hydrogens is 395 g/mol. The molecule has 2 aromatic rings. The number of rotatable bonds is 11. The normalized spacial score (nSPS) is 14.4. The van der Waals surface area contributed by atoms with Crippen molar-refractivity contribution in [2.45, 2.75) is 51.6 Å². The second-order valence-electron chi connectivity index (χ2n) is 7.19. The summed E-state index contributed by atoms with van der Waals surface area (Å²) in [6.07, 6.45) is 3.37. The van der Waals surface area contributed by atoms with Crippen LogP contribution in [0.3, 0.4) is 0 Å². The van der Waals surface area contributed by atoms with E-state index in [4.69, 9.17) is 27.9 Å². The van der Waals surface area contributed by atoms with E-state index in [0.717, 1.165) is 30.4 Å². The molecule has 152 valence electrons. The first kappa shape index (κ1) is 22.7. The monoisotopic (exact) mass is 422 g/mol. The molecule has 0 aromatic heterocycles. The van der Waals surface area contributed by atoms with Crippen molar-refractivity contribution in [3.05, 3.63) is 69.7 Å². The molecule has 0 bridgehead atoms. The Morgan fingerprint density at radius 3 is 2.36 bits per heavy atom. The molecule has 1 N–H and O–H groups in total. The standard InChI is InChI=1S/C23H28Cl2O3/c1-3-4-5-13-28-22(17-9-11-19(24)12-10-17)21(14-16(2)23(26)27)18-7-6-8-20(25)15-18/h6-12,15-16,21-22H,3-5,13-14H2,1-2H3,(H,26,27). The third kappa shape index (κ3) is 6.80. The van der Waals surface area contributed by atoms with E-state index in [-0.39, 0.29) is 12.0 Å². The molecule has 0 aliphatic rings. The highest BCUT2D eigenvalue weighted by atomic mass is 35.5. The van der Waals surface area contributed by atoms with Crippen molar-refractivity contribution in [3.8, 4) is 0 Å². The van der Waals surface area contributed by atoms with Crippen LogP contribution in [0, 0.1) is 5.92 Å². The number of unbranched alkanes of at least 4 members (excludes halogenated alkanes) is 2. The van der Waals surface area contributed by atoms with Gasteiger partial charge in [-0.25, -0.2) is 0 Å². The molecule has 5 heteroatoms. The summed E-state index contributed by atoms with van der Waals surface area (Å²) in [5.74, 6) is -1.45. The number of aliphatic carboxylic acids is 1. The molecule has 2 rings (SSSR count). The SMILES string of the molecule is CCCCCOC(c1ccc(Cl)cc1)C(CC(C)C(=O)O)c1cccc(Cl)c1.